The highest BCUT2D eigenvalue weighted by atomic mass is 16.3. The van der Waals surface area contributed by atoms with Crippen LogP contribution in [0.4, 0.5) is 0 Å². The third-order valence-corrected chi connectivity index (χ3v) is 1.42. The Kier molecular flexibility index (Phi) is 1.05. The van der Waals surface area contributed by atoms with Gasteiger partial charge in [-0.1, -0.05) is 6.92 Å². The Balaban J connectivity index is 2.31. The maximum atomic E-state index is 8.61. The number of allylic oxidation sites excluding steroid dienone is 2. The van der Waals surface area contributed by atoms with Crippen molar-refractivity contribution in [1.82, 2.24) is 0 Å². The lowest BCUT2D eigenvalue weighted by Gasteiger charge is -2.18. The minimum Gasteiger partial charge on any atom is -0.513 e. The molecule has 1 aliphatic rings. The van der Waals surface area contributed by atoms with Crippen LogP contribution in [0.3, 0.4) is 0 Å². The van der Waals surface area contributed by atoms with Crippen molar-refractivity contribution in [2.75, 3.05) is 0 Å². The first-order valence-corrected chi connectivity index (χ1v) is 2.72. The van der Waals surface area contributed by atoms with Gasteiger partial charge in [0.2, 0.25) is 0 Å². The second-order valence-electron chi connectivity index (χ2n) is 2.03. The Labute approximate surface area is 43.7 Å². The molecule has 0 bridgehead atoms. The van der Waals surface area contributed by atoms with Crippen molar-refractivity contribution in [1.29, 1.82) is 0 Å². The lowest BCUT2D eigenvalue weighted by atomic mass is 9.91. The standard InChI is InChI=1S/C6H10O/c1-2-5-3-6(7)4-5/h3,5,7H,2,4H2,1H3. The predicted octanol–water partition coefficient (Wildman–Crippen LogP) is 1.86. The summed E-state index contributed by atoms with van der Waals surface area (Å²) in [6.45, 7) is 2.13. The molecule has 0 saturated carbocycles. The fraction of sp³-hybridized carbons (Fsp3) is 0.667. The third-order valence-electron chi connectivity index (χ3n) is 1.42. The van der Waals surface area contributed by atoms with Gasteiger partial charge in [0.1, 0.15) is 0 Å². The molecular weight excluding hydrogens is 88.1 g/mol. The minimum absolute atomic E-state index is 0.576. The second-order valence-corrected chi connectivity index (χ2v) is 2.03. The van der Waals surface area contributed by atoms with Crippen molar-refractivity contribution in [2.24, 2.45) is 5.92 Å². The van der Waals surface area contributed by atoms with Crippen molar-refractivity contribution < 1.29 is 5.11 Å². The molecule has 1 rings (SSSR count). The second kappa shape index (κ2) is 1.57. The lowest BCUT2D eigenvalue weighted by Crippen LogP contribution is -2.07. The molecular formula is C6H10O. The van der Waals surface area contributed by atoms with Crippen molar-refractivity contribution in [3.05, 3.63) is 11.8 Å². The van der Waals surface area contributed by atoms with E-state index in [0.717, 1.165) is 6.42 Å². The van der Waals surface area contributed by atoms with E-state index in [9.17, 15) is 0 Å². The Morgan fingerprint density at radius 1 is 2.00 bits per heavy atom. The first-order valence-electron chi connectivity index (χ1n) is 2.72. The molecule has 1 atom stereocenters. The highest BCUT2D eigenvalue weighted by Crippen LogP contribution is 2.25. The SMILES string of the molecule is CCC1C=C(O)C1. The van der Waals surface area contributed by atoms with E-state index in [0.29, 0.717) is 11.7 Å². The molecule has 1 nitrogen and oxygen atoms in total. The van der Waals surface area contributed by atoms with E-state index < -0.39 is 0 Å². The summed E-state index contributed by atoms with van der Waals surface area (Å²) in [5.41, 5.74) is 0. The van der Waals surface area contributed by atoms with E-state index in [1.165, 1.54) is 6.42 Å². The maximum Gasteiger partial charge on any atom is 0.0891 e. The molecule has 0 radical (unpaired) electrons. The average Bonchev–Trinajstić information content (AvgIpc) is 1.58. The molecule has 1 heteroatoms. The number of hydrogen-bond acceptors (Lipinski definition) is 1. The van der Waals surface area contributed by atoms with Crippen LogP contribution in [0.2, 0.25) is 0 Å². The van der Waals surface area contributed by atoms with Gasteiger partial charge in [-0.15, -0.1) is 0 Å². The molecule has 7 heavy (non-hydrogen) atoms. The fourth-order valence-electron chi connectivity index (χ4n) is 0.769. The average molecular weight is 98.1 g/mol. The summed E-state index contributed by atoms with van der Waals surface area (Å²) in [4.78, 5) is 0. The van der Waals surface area contributed by atoms with Crippen molar-refractivity contribution >= 4 is 0 Å². The van der Waals surface area contributed by atoms with E-state index >= 15 is 0 Å². The molecule has 0 aromatic heterocycles. The van der Waals surface area contributed by atoms with Gasteiger partial charge < -0.3 is 5.11 Å². The Morgan fingerprint density at radius 3 is 2.71 bits per heavy atom. The van der Waals surface area contributed by atoms with E-state index in [1.54, 1.807) is 0 Å². The van der Waals surface area contributed by atoms with Gasteiger partial charge in [0, 0.05) is 6.42 Å². The summed E-state index contributed by atoms with van der Waals surface area (Å²) in [7, 11) is 0. The van der Waals surface area contributed by atoms with Crippen LogP contribution < -0.4 is 0 Å². The first-order chi connectivity index (χ1) is 3.33. The largest absolute Gasteiger partial charge is 0.513 e. The summed E-state index contributed by atoms with van der Waals surface area (Å²) in [5, 5.41) is 8.61. The molecule has 0 saturated heterocycles. The predicted molar refractivity (Wildman–Crippen MR) is 29.1 cm³/mol. The van der Waals surface area contributed by atoms with Gasteiger partial charge >= 0.3 is 0 Å². The minimum atomic E-state index is 0.576. The van der Waals surface area contributed by atoms with Gasteiger partial charge in [0.15, 0.2) is 0 Å². The molecule has 0 aromatic carbocycles. The van der Waals surface area contributed by atoms with E-state index in [1.807, 2.05) is 6.08 Å². The van der Waals surface area contributed by atoms with Crippen molar-refractivity contribution in [3.63, 3.8) is 0 Å². The molecule has 1 N–H and O–H groups in total. The highest BCUT2D eigenvalue weighted by Gasteiger charge is 2.14. The molecule has 1 unspecified atom stereocenters. The van der Waals surface area contributed by atoms with Gasteiger partial charge in [-0.3, -0.25) is 0 Å². The van der Waals surface area contributed by atoms with Gasteiger partial charge in [-0.05, 0) is 18.4 Å². The van der Waals surface area contributed by atoms with Gasteiger partial charge in [-0.2, -0.15) is 0 Å². The smallest absolute Gasteiger partial charge is 0.0891 e. The van der Waals surface area contributed by atoms with Gasteiger partial charge in [0.05, 0.1) is 5.76 Å². The zero-order valence-corrected chi connectivity index (χ0v) is 4.52. The van der Waals surface area contributed by atoms with Crippen LogP contribution in [0.5, 0.6) is 0 Å². The molecule has 1 aliphatic carbocycles. The summed E-state index contributed by atoms with van der Waals surface area (Å²) in [5.74, 6) is 1.26. The molecule has 0 amide bonds. The Bertz CT molecular complexity index is 94.4. The van der Waals surface area contributed by atoms with Crippen LogP contribution in [0.25, 0.3) is 0 Å². The lowest BCUT2D eigenvalue weighted by molar-refractivity contribution is 0.319. The van der Waals surface area contributed by atoms with Gasteiger partial charge in [0.25, 0.3) is 0 Å². The molecule has 0 fully saturated rings. The summed E-state index contributed by atoms with van der Waals surface area (Å²) < 4.78 is 0. The van der Waals surface area contributed by atoms with Gasteiger partial charge in [-0.25, -0.2) is 0 Å². The zero-order valence-electron chi connectivity index (χ0n) is 4.52. The first kappa shape index (κ1) is 4.69. The summed E-state index contributed by atoms with van der Waals surface area (Å²) in [6, 6.07) is 0. The van der Waals surface area contributed by atoms with E-state index in [2.05, 4.69) is 6.92 Å². The highest BCUT2D eigenvalue weighted by molar-refractivity contribution is 5.08. The van der Waals surface area contributed by atoms with Crippen LogP contribution in [0.15, 0.2) is 11.8 Å². The summed E-state index contributed by atoms with van der Waals surface area (Å²) >= 11 is 0. The molecule has 40 valence electrons. The van der Waals surface area contributed by atoms with Crippen LogP contribution >= 0.6 is 0 Å². The number of hydrogen-bond donors (Lipinski definition) is 1. The van der Waals surface area contributed by atoms with E-state index in [4.69, 9.17) is 5.11 Å². The number of rotatable bonds is 1. The van der Waals surface area contributed by atoms with E-state index in [-0.39, 0.29) is 0 Å². The maximum absolute atomic E-state index is 8.61. The Hall–Kier alpha value is -0.460. The van der Waals surface area contributed by atoms with Crippen molar-refractivity contribution in [3.8, 4) is 0 Å². The zero-order chi connectivity index (χ0) is 5.28. The molecule has 0 aliphatic heterocycles. The van der Waals surface area contributed by atoms with Crippen LogP contribution in [-0.4, -0.2) is 5.11 Å². The summed E-state index contributed by atoms with van der Waals surface area (Å²) in [6.07, 6.45) is 4.00. The van der Waals surface area contributed by atoms with Crippen molar-refractivity contribution in [2.45, 2.75) is 19.8 Å². The quantitative estimate of drug-likeness (QED) is 0.530. The van der Waals surface area contributed by atoms with Crippen LogP contribution in [-0.2, 0) is 0 Å². The fourth-order valence-corrected chi connectivity index (χ4v) is 0.769. The number of aliphatic hydroxyl groups is 1. The molecule has 0 spiro atoms. The topological polar surface area (TPSA) is 20.2 Å². The molecule has 0 heterocycles. The van der Waals surface area contributed by atoms with Crippen LogP contribution in [0.1, 0.15) is 19.8 Å². The number of aliphatic hydroxyl groups excluding tert-OH is 1. The third kappa shape index (κ3) is 0.763. The normalized spacial score (nSPS) is 28.7. The Morgan fingerprint density at radius 2 is 2.57 bits per heavy atom. The van der Waals surface area contributed by atoms with Crippen LogP contribution in [0, 0.1) is 5.92 Å². The monoisotopic (exact) mass is 98.1 g/mol. The molecule has 0 aromatic rings.